The molecule has 1 aromatic heterocycles. The van der Waals surface area contributed by atoms with Gasteiger partial charge in [-0.25, -0.2) is 0 Å². The summed E-state index contributed by atoms with van der Waals surface area (Å²) in [6.07, 6.45) is -0.800. The summed E-state index contributed by atoms with van der Waals surface area (Å²) in [5.41, 5.74) is 5.29. The van der Waals surface area contributed by atoms with Gasteiger partial charge in [0.05, 0.1) is 17.0 Å². The summed E-state index contributed by atoms with van der Waals surface area (Å²) in [6, 6.07) is 9.05. The SMILES string of the molecule is CC(N)(CO)CCc1ccc(C(=O)CCCCc2cccc(C(F)(F)F)c2)s1. The fourth-order valence-electron chi connectivity index (χ4n) is 2.79. The van der Waals surface area contributed by atoms with E-state index in [9.17, 15) is 23.1 Å². The second-order valence-electron chi connectivity index (χ2n) is 7.41. The van der Waals surface area contributed by atoms with Gasteiger partial charge >= 0.3 is 6.18 Å². The van der Waals surface area contributed by atoms with Crippen LogP contribution in [0.2, 0.25) is 0 Å². The largest absolute Gasteiger partial charge is 0.416 e. The second-order valence-corrected chi connectivity index (χ2v) is 8.57. The molecule has 2 rings (SSSR count). The molecule has 2 aromatic rings. The highest BCUT2D eigenvalue weighted by Crippen LogP contribution is 2.30. The highest BCUT2D eigenvalue weighted by molar-refractivity contribution is 7.14. The fourth-order valence-corrected chi connectivity index (χ4v) is 3.77. The van der Waals surface area contributed by atoms with Crippen LogP contribution in [0.1, 0.15) is 58.3 Å². The number of ketones is 1. The number of benzene rings is 1. The van der Waals surface area contributed by atoms with Gasteiger partial charge in [-0.05, 0) is 62.8 Å². The van der Waals surface area contributed by atoms with Crippen molar-refractivity contribution in [3.05, 3.63) is 57.3 Å². The van der Waals surface area contributed by atoms with Gasteiger partial charge in [-0.2, -0.15) is 13.2 Å². The van der Waals surface area contributed by atoms with Crippen molar-refractivity contribution in [2.75, 3.05) is 6.61 Å². The van der Waals surface area contributed by atoms with Gasteiger partial charge < -0.3 is 10.8 Å². The van der Waals surface area contributed by atoms with Crippen LogP contribution in [-0.2, 0) is 19.0 Å². The molecule has 3 nitrogen and oxygen atoms in total. The molecule has 154 valence electrons. The summed E-state index contributed by atoms with van der Waals surface area (Å²) in [5.74, 6) is 0.0537. The van der Waals surface area contributed by atoms with Crippen molar-refractivity contribution in [2.24, 2.45) is 5.73 Å². The molecule has 0 aliphatic heterocycles. The number of aliphatic hydroxyl groups excluding tert-OH is 1. The molecule has 0 bridgehead atoms. The number of halogens is 3. The Bertz CT molecular complexity index is 784. The van der Waals surface area contributed by atoms with Crippen molar-refractivity contribution in [1.82, 2.24) is 0 Å². The molecule has 0 saturated carbocycles. The molecule has 1 aromatic carbocycles. The van der Waals surface area contributed by atoms with Gasteiger partial charge in [-0.1, -0.05) is 18.2 Å². The highest BCUT2D eigenvalue weighted by atomic mass is 32.1. The van der Waals surface area contributed by atoms with Crippen LogP contribution in [0.3, 0.4) is 0 Å². The molecule has 1 atom stereocenters. The number of thiophene rings is 1. The molecule has 28 heavy (non-hydrogen) atoms. The lowest BCUT2D eigenvalue weighted by atomic mass is 9.98. The highest BCUT2D eigenvalue weighted by Gasteiger charge is 2.30. The van der Waals surface area contributed by atoms with Crippen LogP contribution in [0.5, 0.6) is 0 Å². The minimum atomic E-state index is -4.33. The molecule has 0 radical (unpaired) electrons. The average molecular weight is 414 g/mol. The number of aliphatic hydroxyl groups is 1. The van der Waals surface area contributed by atoms with E-state index in [1.54, 1.807) is 13.0 Å². The van der Waals surface area contributed by atoms with Crippen LogP contribution in [-0.4, -0.2) is 23.0 Å². The molecule has 1 unspecified atom stereocenters. The molecule has 1 heterocycles. The zero-order valence-corrected chi connectivity index (χ0v) is 16.7. The van der Waals surface area contributed by atoms with E-state index in [-0.39, 0.29) is 12.4 Å². The van der Waals surface area contributed by atoms with Crippen LogP contribution in [0.25, 0.3) is 0 Å². The Morgan fingerprint density at radius 3 is 2.57 bits per heavy atom. The van der Waals surface area contributed by atoms with Crippen molar-refractivity contribution in [2.45, 2.75) is 57.2 Å². The number of carbonyl (C=O) groups excluding carboxylic acids is 1. The first kappa shape index (κ1) is 22.6. The standard InChI is InChI=1S/C21H26F3NO2S/c1-20(25,14-26)12-11-17-9-10-19(28-17)18(27)8-3-2-5-15-6-4-7-16(13-15)21(22,23)24/h4,6-7,9-10,13,26H,2-3,5,8,11-12,14,25H2,1H3. The summed E-state index contributed by atoms with van der Waals surface area (Å²) in [4.78, 5) is 14.1. The summed E-state index contributed by atoms with van der Waals surface area (Å²) in [7, 11) is 0. The lowest BCUT2D eigenvalue weighted by molar-refractivity contribution is -0.137. The van der Waals surface area contributed by atoms with Gasteiger partial charge in [0.2, 0.25) is 0 Å². The van der Waals surface area contributed by atoms with E-state index >= 15 is 0 Å². The smallest absolute Gasteiger partial charge is 0.394 e. The molecule has 0 fully saturated rings. The number of rotatable bonds is 10. The van der Waals surface area contributed by atoms with Gasteiger partial charge in [0.25, 0.3) is 0 Å². The molecular formula is C21H26F3NO2S. The van der Waals surface area contributed by atoms with Crippen molar-refractivity contribution in [1.29, 1.82) is 0 Å². The Balaban J connectivity index is 1.77. The average Bonchev–Trinajstić information content (AvgIpc) is 3.12. The minimum Gasteiger partial charge on any atom is -0.394 e. The van der Waals surface area contributed by atoms with E-state index in [1.807, 2.05) is 12.1 Å². The number of aryl methyl sites for hydroxylation is 2. The molecule has 7 heteroatoms. The topological polar surface area (TPSA) is 63.3 Å². The van der Waals surface area contributed by atoms with E-state index in [0.29, 0.717) is 49.0 Å². The zero-order valence-electron chi connectivity index (χ0n) is 15.9. The predicted molar refractivity (Wildman–Crippen MR) is 106 cm³/mol. The second kappa shape index (κ2) is 9.67. The number of carbonyl (C=O) groups is 1. The first-order chi connectivity index (χ1) is 13.1. The maximum atomic E-state index is 12.7. The van der Waals surface area contributed by atoms with Gasteiger partial charge in [0.15, 0.2) is 5.78 Å². The molecule has 0 amide bonds. The number of hydrogen-bond donors (Lipinski definition) is 2. The third-order valence-electron chi connectivity index (χ3n) is 4.61. The maximum Gasteiger partial charge on any atom is 0.416 e. The number of nitrogens with two attached hydrogens (primary N) is 1. The predicted octanol–water partition coefficient (Wildman–Crippen LogP) is 5.00. The van der Waals surface area contributed by atoms with Gasteiger partial charge in [-0.15, -0.1) is 11.3 Å². The van der Waals surface area contributed by atoms with Gasteiger partial charge in [0.1, 0.15) is 0 Å². The van der Waals surface area contributed by atoms with Crippen LogP contribution in [0.4, 0.5) is 13.2 Å². The Hall–Kier alpha value is -1.70. The van der Waals surface area contributed by atoms with Crippen molar-refractivity contribution in [3.8, 4) is 0 Å². The van der Waals surface area contributed by atoms with E-state index in [1.165, 1.54) is 23.5 Å². The Kier molecular flexibility index (Phi) is 7.80. The first-order valence-corrected chi connectivity index (χ1v) is 10.1. The summed E-state index contributed by atoms with van der Waals surface area (Å²) >= 11 is 1.44. The summed E-state index contributed by atoms with van der Waals surface area (Å²) in [5, 5.41) is 9.19. The number of unbranched alkanes of at least 4 members (excludes halogenated alkanes) is 1. The number of hydrogen-bond acceptors (Lipinski definition) is 4. The van der Waals surface area contributed by atoms with Gasteiger partial charge in [-0.3, -0.25) is 4.79 Å². The van der Waals surface area contributed by atoms with E-state index in [4.69, 9.17) is 5.73 Å². The minimum absolute atomic E-state index is 0.0537. The monoisotopic (exact) mass is 413 g/mol. The fraction of sp³-hybridized carbons (Fsp3) is 0.476. The maximum absolute atomic E-state index is 12.7. The van der Waals surface area contributed by atoms with Crippen LogP contribution in [0, 0.1) is 0 Å². The first-order valence-electron chi connectivity index (χ1n) is 9.28. The van der Waals surface area contributed by atoms with Crippen molar-refractivity contribution in [3.63, 3.8) is 0 Å². The lowest BCUT2D eigenvalue weighted by Gasteiger charge is -2.20. The Labute approximate surface area is 167 Å². The molecule has 0 aliphatic carbocycles. The van der Waals surface area contributed by atoms with Crippen LogP contribution in [0.15, 0.2) is 36.4 Å². The van der Waals surface area contributed by atoms with Crippen LogP contribution < -0.4 is 5.73 Å². The number of Topliss-reactive ketones (excluding diaryl/α,β-unsaturated/α-hetero) is 1. The van der Waals surface area contributed by atoms with E-state index in [2.05, 4.69) is 0 Å². The summed E-state index contributed by atoms with van der Waals surface area (Å²) in [6.45, 7) is 1.70. The number of alkyl halides is 3. The van der Waals surface area contributed by atoms with E-state index < -0.39 is 17.3 Å². The molecule has 3 N–H and O–H groups in total. The normalized spacial score (nSPS) is 14.1. The Morgan fingerprint density at radius 2 is 1.89 bits per heavy atom. The molecule has 0 aliphatic rings. The zero-order chi connectivity index (χ0) is 20.8. The quantitative estimate of drug-likeness (QED) is 0.425. The molecule has 0 spiro atoms. The molecular weight excluding hydrogens is 387 g/mol. The molecule has 0 saturated heterocycles. The van der Waals surface area contributed by atoms with Crippen molar-refractivity contribution < 1.29 is 23.1 Å². The lowest BCUT2D eigenvalue weighted by Crippen LogP contribution is -2.40. The van der Waals surface area contributed by atoms with Gasteiger partial charge in [0, 0.05) is 16.8 Å². The van der Waals surface area contributed by atoms with Crippen LogP contribution >= 0.6 is 11.3 Å². The third kappa shape index (κ3) is 7.04. The third-order valence-corrected chi connectivity index (χ3v) is 5.80. The van der Waals surface area contributed by atoms with Crippen molar-refractivity contribution >= 4 is 17.1 Å². The Morgan fingerprint density at radius 1 is 1.14 bits per heavy atom. The summed E-state index contributed by atoms with van der Waals surface area (Å²) < 4.78 is 38.2. The van der Waals surface area contributed by atoms with E-state index in [0.717, 1.165) is 10.9 Å².